The standard InChI is InChI=1S/C15H13ClF2N4O3S2/c1-2-27(23,24)22(10-5-3-4-9(16)6-10)8-11-7-19-15(26-11)14-21-20-13(25-14)12(17)18/h3-7,12H,2,8H2,1H3. The molecule has 0 aliphatic heterocycles. The van der Waals surface area contributed by atoms with Crippen LogP contribution in [-0.4, -0.2) is 29.4 Å². The zero-order valence-corrected chi connectivity index (χ0v) is 16.2. The van der Waals surface area contributed by atoms with Crippen LogP contribution in [0.15, 0.2) is 34.9 Å². The molecule has 0 N–H and O–H groups in total. The third-order valence-electron chi connectivity index (χ3n) is 3.46. The van der Waals surface area contributed by atoms with Crippen molar-refractivity contribution in [2.24, 2.45) is 0 Å². The number of alkyl halides is 2. The number of thiazole rings is 1. The van der Waals surface area contributed by atoms with Crippen molar-refractivity contribution in [1.29, 1.82) is 0 Å². The number of anilines is 1. The van der Waals surface area contributed by atoms with Gasteiger partial charge < -0.3 is 4.42 Å². The molecule has 3 rings (SSSR count). The third-order valence-corrected chi connectivity index (χ3v) is 6.41. The van der Waals surface area contributed by atoms with Crippen LogP contribution in [0.3, 0.4) is 0 Å². The fraction of sp³-hybridized carbons (Fsp3) is 0.267. The van der Waals surface area contributed by atoms with Crippen LogP contribution in [0, 0.1) is 0 Å². The lowest BCUT2D eigenvalue weighted by molar-refractivity contribution is 0.116. The van der Waals surface area contributed by atoms with Crippen molar-refractivity contribution < 1.29 is 21.6 Å². The number of sulfonamides is 1. The van der Waals surface area contributed by atoms with Gasteiger partial charge in [-0.1, -0.05) is 17.7 Å². The molecule has 1 aromatic carbocycles. The zero-order chi connectivity index (χ0) is 19.6. The summed E-state index contributed by atoms with van der Waals surface area (Å²) in [6.07, 6.45) is -1.44. The van der Waals surface area contributed by atoms with Gasteiger partial charge in [0.1, 0.15) is 0 Å². The SMILES string of the molecule is CCS(=O)(=O)N(Cc1cnc(-c2nnc(C(F)F)o2)s1)c1cccc(Cl)c1. The molecule has 144 valence electrons. The molecule has 3 aromatic rings. The molecule has 0 fully saturated rings. The number of nitrogens with zero attached hydrogens (tertiary/aromatic N) is 4. The minimum atomic E-state index is -3.59. The van der Waals surface area contributed by atoms with Gasteiger partial charge in [-0.05, 0) is 25.1 Å². The Labute approximate surface area is 162 Å². The lowest BCUT2D eigenvalue weighted by Gasteiger charge is -2.23. The first-order chi connectivity index (χ1) is 12.8. The molecule has 0 amide bonds. The number of hydrogen-bond acceptors (Lipinski definition) is 7. The van der Waals surface area contributed by atoms with E-state index in [-0.39, 0.29) is 23.2 Å². The second kappa shape index (κ2) is 7.87. The molecule has 0 unspecified atom stereocenters. The van der Waals surface area contributed by atoms with Gasteiger partial charge in [0.15, 0.2) is 5.01 Å². The van der Waals surface area contributed by atoms with Crippen LogP contribution in [0.2, 0.25) is 5.02 Å². The molecule has 0 atom stereocenters. The maximum Gasteiger partial charge on any atom is 0.314 e. The molecule has 0 aliphatic carbocycles. The first-order valence-corrected chi connectivity index (χ1v) is 10.4. The normalized spacial score (nSPS) is 11.9. The Kier molecular flexibility index (Phi) is 5.72. The van der Waals surface area contributed by atoms with Gasteiger partial charge in [-0.25, -0.2) is 13.4 Å². The Morgan fingerprint density at radius 1 is 1.33 bits per heavy atom. The highest BCUT2D eigenvalue weighted by Crippen LogP contribution is 2.30. The molecule has 0 saturated heterocycles. The van der Waals surface area contributed by atoms with E-state index in [2.05, 4.69) is 15.2 Å². The molecule has 7 nitrogen and oxygen atoms in total. The largest absolute Gasteiger partial charge is 0.413 e. The Balaban J connectivity index is 1.89. The van der Waals surface area contributed by atoms with Gasteiger partial charge in [-0.2, -0.15) is 8.78 Å². The van der Waals surface area contributed by atoms with Crippen LogP contribution in [0.1, 0.15) is 24.1 Å². The zero-order valence-electron chi connectivity index (χ0n) is 13.8. The predicted molar refractivity (Wildman–Crippen MR) is 97.5 cm³/mol. The summed E-state index contributed by atoms with van der Waals surface area (Å²) in [5, 5.41) is 7.42. The molecular weight excluding hydrogens is 422 g/mol. The van der Waals surface area contributed by atoms with Crippen LogP contribution in [0.5, 0.6) is 0 Å². The summed E-state index contributed by atoms with van der Waals surface area (Å²) < 4.78 is 56.2. The molecule has 0 spiro atoms. The number of aromatic nitrogens is 3. The summed E-state index contributed by atoms with van der Waals surface area (Å²) in [5.74, 6) is -1.04. The average Bonchev–Trinajstić information content (AvgIpc) is 3.28. The van der Waals surface area contributed by atoms with Crippen molar-refractivity contribution in [3.63, 3.8) is 0 Å². The molecule has 0 bridgehead atoms. The van der Waals surface area contributed by atoms with Crippen LogP contribution >= 0.6 is 22.9 Å². The van der Waals surface area contributed by atoms with E-state index in [4.69, 9.17) is 16.0 Å². The third kappa shape index (κ3) is 4.42. The second-order valence-corrected chi connectivity index (χ2v) is 9.00. The lowest BCUT2D eigenvalue weighted by atomic mass is 10.3. The second-order valence-electron chi connectivity index (χ2n) is 5.26. The minimum absolute atomic E-state index is 0.00399. The molecule has 0 saturated carbocycles. The van der Waals surface area contributed by atoms with Crippen LogP contribution in [0.25, 0.3) is 10.9 Å². The molecule has 0 radical (unpaired) electrons. The minimum Gasteiger partial charge on any atom is -0.413 e. The topological polar surface area (TPSA) is 89.2 Å². The van der Waals surface area contributed by atoms with Crippen molar-refractivity contribution in [3.05, 3.63) is 46.3 Å². The van der Waals surface area contributed by atoms with E-state index in [1.807, 2.05) is 0 Å². The van der Waals surface area contributed by atoms with Crippen LogP contribution in [-0.2, 0) is 16.6 Å². The summed E-state index contributed by atoms with van der Waals surface area (Å²) in [6, 6.07) is 6.47. The van der Waals surface area contributed by atoms with Crippen LogP contribution < -0.4 is 4.31 Å². The molecular formula is C15H13ClF2N4O3S2. The first kappa shape index (κ1) is 19.6. The highest BCUT2D eigenvalue weighted by Gasteiger charge is 2.24. The Hall–Kier alpha value is -2.11. The van der Waals surface area contributed by atoms with Gasteiger partial charge in [-0.3, -0.25) is 4.31 Å². The maximum absolute atomic E-state index is 12.6. The van der Waals surface area contributed by atoms with Gasteiger partial charge in [-0.15, -0.1) is 21.5 Å². The van der Waals surface area contributed by atoms with Gasteiger partial charge in [0, 0.05) is 16.1 Å². The van der Waals surface area contributed by atoms with E-state index >= 15 is 0 Å². The lowest BCUT2D eigenvalue weighted by Crippen LogP contribution is -2.31. The maximum atomic E-state index is 12.6. The van der Waals surface area contributed by atoms with Gasteiger partial charge in [0.2, 0.25) is 10.0 Å². The summed E-state index contributed by atoms with van der Waals surface area (Å²) in [7, 11) is -3.59. The summed E-state index contributed by atoms with van der Waals surface area (Å²) >= 11 is 7.05. The molecule has 0 aliphatic rings. The first-order valence-electron chi connectivity index (χ1n) is 7.62. The van der Waals surface area contributed by atoms with Crippen molar-refractivity contribution >= 4 is 38.6 Å². The van der Waals surface area contributed by atoms with E-state index in [0.717, 1.165) is 11.3 Å². The highest BCUT2D eigenvalue weighted by atomic mass is 35.5. The van der Waals surface area contributed by atoms with Gasteiger partial charge in [0.05, 0.1) is 18.0 Å². The predicted octanol–water partition coefficient (Wildman–Crippen LogP) is 4.14. The fourth-order valence-electron chi connectivity index (χ4n) is 2.17. The highest BCUT2D eigenvalue weighted by molar-refractivity contribution is 7.92. The van der Waals surface area contributed by atoms with Gasteiger partial charge >= 0.3 is 6.43 Å². The number of halogens is 3. The fourth-order valence-corrected chi connectivity index (χ4v) is 4.34. The Morgan fingerprint density at radius 2 is 2.11 bits per heavy atom. The number of rotatable bonds is 7. The Bertz CT molecular complexity index is 1040. The number of benzene rings is 1. The molecule has 12 heteroatoms. The smallest absolute Gasteiger partial charge is 0.314 e. The Morgan fingerprint density at radius 3 is 2.74 bits per heavy atom. The summed E-state index contributed by atoms with van der Waals surface area (Å²) in [6.45, 7) is 1.54. The van der Waals surface area contributed by atoms with Crippen molar-refractivity contribution in [2.45, 2.75) is 19.9 Å². The van der Waals surface area contributed by atoms with Crippen LogP contribution in [0.4, 0.5) is 14.5 Å². The monoisotopic (exact) mass is 434 g/mol. The molecule has 2 heterocycles. The van der Waals surface area contributed by atoms with E-state index in [0.29, 0.717) is 15.6 Å². The van der Waals surface area contributed by atoms with Crippen molar-refractivity contribution in [3.8, 4) is 10.9 Å². The molecule has 27 heavy (non-hydrogen) atoms. The van der Waals surface area contributed by atoms with Gasteiger partial charge in [0.25, 0.3) is 11.8 Å². The van der Waals surface area contributed by atoms with Crippen molar-refractivity contribution in [1.82, 2.24) is 15.2 Å². The number of hydrogen-bond donors (Lipinski definition) is 0. The summed E-state index contributed by atoms with van der Waals surface area (Å²) in [4.78, 5) is 4.63. The van der Waals surface area contributed by atoms with E-state index < -0.39 is 22.3 Å². The van der Waals surface area contributed by atoms with E-state index in [1.165, 1.54) is 17.4 Å². The van der Waals surface area contributed by atoms with E-state index in [9.17, 15) is 17.2 Å². The van der Waals surface area contributed by atoms with Crippen molar-refractivity contribution in [2.75, 3.05) is 10.1 Å². The van der Waals surface area contributed by atoms with E-state index in [1.54, 1.807) is 24.3 Å². The average molecular weight is 435 g/mol. The molecule has 2 aromatic heterocycles. The quantitative estimate of drug-likeness (QED) is 0.555. The summed E-state index contributed by atoms with van der Waals surface area (Å²) in [5.41, 5.74) is 0.414.